The molecule has 90 valence electrons. The van der Waals surface area contributed by atoms with Crippen molar-refractivity contribution in [2.45, 2.75) is 32.2 Å². The Kier molecular flexibility index (Phi) is 3.78. The molecule has 0 atom stereocenters. The van der Waals surface area contributed by atoms with Crippen LogP contribution < -0.4 is 15.9 Å². The molecule has 16 heavy (non-hydrogen) atoms. The first-order valence-corrected chi connectivity index (χ1v) is 6.70. The lowest BCUT2D eigenvalue weighted by Gasteiger charge is -2.41. The van der Waals surface area contributed by atoms with Gasteiger partial charge in [-0.3, -0.25) is 4.79 Å². The minimum Gasteiger partial charge on any atom is -0.330 e. The summed E-state index contributed by atoms with van der Waals surface area (Å²) < 4.78 is 0. The Bertz CT molecular complexity index is 375. The highest BCUT2D eigenvalue weighted by molar-refractivity contribution is 7.07. The Morgan fingerprint density at radius 1 is 1.56 bits per heavy atom. The van der Waals surface area contributed by atoms with Crippen molar-refractivity contribution in [3.05, 3.63) is 20.7 Å². The van der Waals surface area contributed by atoms with Crippen molar-refractivity contribution in [2.24, 2.45) is 11.1 Å². The molecule has 0 unspecified atom stereocenters. The van der Waals surface area contributed by atoms with Crippen molar-refractivity contribution >= 4 is 11.3 Å². The second kappa shape index (κ2) is 5.12. The van der Waals surface area contributed by atoms with E-state index in [1.54, 1.807) is 0 Å². The Morgan fingerprint density at radius 3 is 2.88 bits per heavy atom. The summed E-state index contributed by atoms with van der Waals surface area (Å²) in [7, 11) is 0. The first-order valence-electron chi connectivity index (χ1n) is 5.82. The van der Waals surface area contributed by atoms with E-state index in [2.05, 4.69) is 10.3 Å². The van der Waals surface area contributed by atoms with Crippen LogP contribution in [-0.2, 0) is 6.54 Å². The van der Waals surface area contributed by atoms with Crippen molar-refractivity contribution in [1.82, 2.24) is 10.3 Å². The molecule has 1 aromatic rings. The highest BCUT2D eigenvalue weighted by Gasteiger charge is 2.34. The molecule has 4 N–H and O–H groups in total. The fourth-order valence-electron chi connectivity index (χ4n) is 2.21. The van der Waals surface area contributed by atoms with Crippen LogP contribution in [0.3, 0.4) is 0 Å². The van der Waals surface area contributed by atoms with Crippen molar-refractivity contribution in [3.63, 3.8) is 0 Å². The number of rotatable bonds is 6. The molecule has 1 heterocycles. The third kappa shape index (κ3) is 2.72. The number of aromatic amines is 1. The molecule has 1 fully saturated rings. The van der Waals surface area contributed by atoms with Gasteiger partial charge in [0.25, 0.3) is 0 Å². The molecule has 0 spiro atoms. The van der Waals surface area contributed by atoms with Crippen LogP contribution >= 0.6 is 11.3 Å². The molecule has 1 saturated carbocycles. The SMILES string of the molecule is NCC1(CCNCc2csc(=O)[nH]2)CCC1. The average Bonchev–Trinajstić information content (AvgIpc) is 2.62. The van der Waals surface area contributed by atoms with Gasteiger partial charge in [0.05, 0.1) is 0 Å². The zero-order chi connectivity index (χ0) is 11.4. The zero-order valence-electron chi connectivity index (χ0n) is 9.42. The molecule has 1 aromatic heterocycles. The number of H-pyrrole nitrogens is 1. The molecule has 1 aliphatic carbocycles. The van der Waals surface area contributed by atoms with Gasteiger partial charge in [-0.05, 0) is 37.8 Å². The number of aromatic nitrogens is 1. The third-order valence-electron chi connectivity index (χ3n) is 3.57. The summed E-state index contributed by atoms with van der Waals surface area (Å²) in [6.07, 6.45) is 5.04. The van der Waals surface area contributed by atoms with E-state index < -0.39 is 0 Å². The van der Waals surface area contributed by atoms with Crippen molar-refractivity contribution in [2.75, 3.05) is 13.1 Å². The second-order valence-corrected chi connectivity index (χ2v) is 5.50. The number of nitrogens with one attached hydrogen (secondary N) is 2. The monoisotopic (exact) mass is 241 g/mol. The lowest BCUT2D eigenvalue weighted by atomic mass is 9.67. The minimum absolute atomic E-state index is 0.0224. The van der Waals surface area contributed by atoms with Crippen LogP contribution in [0.1, 0.15) is 31.4 Å². The first-order chi connectivity index (χ1) is 7.74. The van der Waals surface area contributed by atoms with Gasteiger partial charge >= 0.3 is 4.87 Å². The topological polar surface area (TPSA) is 70.9 Å². The Labute approximate surface area is 99.3 Å². The molecule has 0 bridgehead atoms. The van der Waals surface area contributed by atoms with Gasteiger partial charge in [-0.25, -0.2) is 0 Å². The summed E-state index contributed by atoms with van der Waals surface area (Å²) in [6, 6.07) is 0. The predicted molar refractivity (Wildman–Crippen MR) is 66.6 cm³/mol. The molecule has 4 nitrogen and oxygen atoms in total. The van der Waals surface area contributed by atoms with Gasteiger partial charge in [-0.15, -0.1) is 0 Å². The lowest BCUT2D eigenvalue weighted by molar-refractivity contribution is 0.130. The molecule has 1 aliphatic rings. The van der Waals surface area contributed by atoms with E-state index in [0.29, 0.717) is 5.41 Å². The van der Waals surface area contributed by atoms with Crippen LogP contribution in [0.2, 0.25) is 0 Å². The zero-order valence-corrected chi connectivity index (χ0v) is 10.2. The molecule has 0 aliphatic heterocycles. The molecule has 0 saturated heterocycles. The maximum absolute atomic E-state index is 10.9. The quantitative estimate of drug-likeness (QED) is 0.652. The summed E-state index contributed by atoms with van der Waals surface area (Å²) >= 11 is 1.22. The number of nitrogens with two attached hydrogens (primary N) is 1. The van der Waals surface area contributed by atoms with E-state index in [9.17, 15) is 4.79 Å². The van der Waals surface area contributed by atoms with E-state index in [1.807, 2.05) is 5.38 Å². The summed E-state index contributed by atoms with van der Waals surface area (Å²) in [5, 5.41) is 5.23. The summed E-state index contributed by atoms with van der Waals surface area (Å²) in [4.78, 5) is 13.7. The van der Waals surface area contributed by atoms with Crippen LogP contribution in [0.15, 0.2) is 10.2 Å². The van der Waals surface area contributed by atoms with Crippen LogP contribution in [0.25, 0.3) is 0 Å². The summed E-state index contributed by atoms with van der Waals surface area (Å²) in [6.45, 7) is 2.54. The van der Waals surface area contributed by atoms with E-state index in [0.717, 1.165) is 31.7 Å². The van der Waals surface area contributed by atoms with Crippen LogP contribution in [0, 0.1) is 5.41 Å². The maximum Gasteiger partial charge on any atom is 0.304 e. The van der Waals surface area contributed by atoms with Gasteiger partial charge in [0, 0.05) is 17.6 Å². The summed E-state index contributed by atoms with van der Waals surface area (Å²) in [5.41, 5.74) is 7.18. The maximum atomic E-state index is 10.9. The Hall–Kier alpha value is -0.650. The molecule has 0 aromatic carbocycles. The van der Waals surface area contributed by atoms with Crippen LogP contribution in [-0.4, -0.2) is 18.1 Å². The summed E-state index contributed by atoms with van der Waals surface area (Å²) in [5.74, 6) is 0. The number of hydrogen-bond donors (Lipinski definition) is 3. The Morgan fingerprint density at radius 2 is 2.38 bits per heavy atom. The van der Waals surface area contributed by atoms with Crippen molar-refractivity contribution in [1.29, 1.82) is 0 Å². The van der Waals surface area contributed by atoms with Crippen LogP contribution in [0.4, 0.5) is 0 Å². The largest absolute Gasteiger partial charge is 0.330 e. The molecular formula is C11H19N3OS. The standard InChI is InChI=1S/C11H19N3OS/c12-8-11(2-1-3-11)4-5-13-6-9-7-16-10(15)14-9/h7,13H,1-6,8,12H2,(H,14,15). The van der Waals surface area contributed by atoms with Gasteiger partial charge in [0.2, 0.25) is 0 Å². The molecular weight excluding hydrogens is 222 g/mol. The smallest absolute Gasteiger partial charge is 0.304 e. The van der Waals surface area contributed by atoms with Crippen molar-refractivity contribution in [3.8, 4) is 0 Å². The Balaban J connectivity index is 1.67. The van der Waals surface area contributed by atoms with E-state index in [1.165, 1.54) is 30.6 Å². The fraction of sp³-hybridized carbons (Fsp3) is 0.727. The minimum atomic E-state index is 0.0224. The fourth-order valence-corrected chi connectivity index (χ4v) is 2.79. The van der Waals surface area contributed by atoms with E-state index in [4.69, 9.17) is 5.73 Å². The second-order valence-electron chi connectivity index (χ2n) is 4.66. The predicted octanol–water partition coefficient (Wildman–Crippen LogP) is 1.05. The molecule has 5 heteroatoms. The normalized spacial score (nSPS) is 18.3. The van der Waals surface area contributed by atoms with Gasteiger partial charge in [-0.2, -0.15) is 0 Å². The highest BCUT2D eigenvalue weighted by Crippen LogP contribution is 2.42. The van der Waals surface area contributed by atoms with Crippen molar-refractivity contribution < 1.29 is 0 Å². The lowest BCUT2D eigenvalue weighted by Crippen LogP contribution is -2.39. The van der Waals surface area contributed by atoms with Gasteiger partial charge < -0.3 is 16.0 Å². The van der Waals surface area contributed by atoms with Crippen LogP contribution in [0.5, 0.6) is 0 Å². The molecule has 0 radical (unpaired) electrons. The van der Waals surface area contributed by atoms with E-state index in [-0.39, 0.29) is 4.87 Å². The highest BCUT2D eigenvalue weighted by atomic mass is 32.1. The number of thiazole rings is 1. The molecule has 0 amide bonds. The van der Waals surface area contributed by atoms with Gasteiger partial charge in [-0.1, -0.05) is 17.8 Å². The van der Waals surface area contributed by atoms with Gasteiger partial charge in [0.1, 0.15) is 0 Å². The van der Waals surface area contributed by atoms with E-state index >= 15 is 0 Å². The van der Waals surface area contributed by atoms with Gasteiger partial charge in [0.15, 0.2) is 0 Å². The number of hydrogen-bond acceptors (Lipinski definition) is 4. The molecule has 2 rings (SSSR count). The third-order valence-corrected chi connectivity index (χ3v) is 4.28. The average molecular weight is 241 g/mol. The first kappa shape index (κ1) is 11.8.